The molecule has 0 unspecified atom stereocenters. The molecule has 0 saturated carbocycles. The van der Waals surface area contributed by atoms with Crippen molar-refractivity contribution in [2.45, 2.75) is 34.1 Å². The molecule has 0 heteroatoms. The van der Waals surface area contributed by atoms with Gasteiger partial charge in [-0.3, -0.25) is 0 Å². The van der Waals surface area contributed by atoms with Crippen LogP contribution in [-0.2, 0) is 6.42 Å². The molecule has 2 aromatic carbocycles. The Morgan fingerprint density at radius 3 is 1.89 bits per heavy atom. The molecule has 0 heterocycles. The van der Waals surface area contributed by atoms with E-state index in [0.29, 0.717) is 0 Å². The molecule has 0 spiro atoms. The molecule has 0 fully saturated rings. The third kappa shape index (κ3) is 4.40. The summed E-state index contributed by atoms with van der Waals surface area (Å²) in [5.41, 5.74) is 5.30. The number of rotatable bonds is 4. The maximum Gasteiger partial charge on any atom is -0.0184 e. The Morgan fingerprint density at radius 2 is 1.37 bits per heavy atom. The quantitative estimate of drug-likeness (QED) is 0.603. The lowest BCUT2D eigenvalue weighted by atomic mass is 10.0. The second-order valence-electron chi connectivity index (χ2n) is 4.67. The average molecular weight is 252 g/mol. The molecule has 2 aromatic rings. The first-order valence-corrected chi connectivity index (χ1v) is 6.57. The van der Waals surface area contributed by atoms with Crippen LogP contribution in [0.15, 0.2) is 60.7 Å². The molecule has 0 atom stereocenters. The van der Waals surface area contributed by atoms with Crippen molar-refractivity contribution in [3.63, 3.8) is 0 Å². The Morgan fingerprint density at radius 1 is 0.842 bits per heavy atom. The van der Waals surface area contributed by atoms with Crippen LogP contribution in [0.2, 0.25) is 0 Å². The Kier molecular flexibility index (Phi) is 6.08. The monoisotopic (exact) mass is 252 g/mol. The molecule has 0 aromatic heterocycles. The van der Waals surface area contributed by atoms with Crippen LogP contribution in [0.3, 0.4) is 0 Å². The lowest BCUT2D eigenvalue weighted by Gasteiger charge is -2.04. The predicted octanol–water partition coefficient (Wildman–Crippen LogP) is 5.81. The predicted molar refractivity (Wildman–Crippen MR) is 86.5 cm³/mol. The molecule has 0 aliphatic carbocycles. The highest BCUT2D eigenvalue weighted by Crippen LogP contribution is 2.20. The van der Waals surface area contributed by atoms with E-state index in [9.17, 15) is 0 Å². The van der Waals surface area contributed by atoms with Crippen LogP contribution in [0.5, 0.6) is 0 Å². The lowest BCUT2D eigenvalue weighted by Crippen LogP contribution is -1.84. The maximum atomic E-state index is 2.23. The van der Waals surface area contributed by atoms with Gasteiger partial charge in [-0.2, -0.15) is 0 Å². The van der Waals surface area contributed by atoms with E-state index in [1.807, 2.05) is 0 Å². The van der Waals surface area contributed by atoms with Crippen LogP contribution in [0.4, 0.5) is 0 Å². The van der Waals surface area contributed by atoms with Gasteiger partial charge in [0, 0.05) is 0 Å². The van der Waals surface area contributed by atoms with Gasteiger partial charge in [-0.15, -0.1) is 0 Å². The summed E-state index contributed by atoms with van der Waals surface area (Å²) in [6.07, 6.45) is 6.58. The number of benzene rings is 2. The third-order valence-electron chi connectivity index (χ3n) is 3.17. The summed E-state index contributed by atoms with van der Waals surface area (Å²) >= 11 is 0. The molecule has 0 amide bonds. The Hall–Kier alpha value is -1.82. The van der Waals surface area contributed by atoms with E-state index in [1.165, 1.54) is 22.3 Å². The smallest absolute Gasteiger partial charge is 0.0184 e. The summed E-state index contributed by atoms with van der Waals surface area (Å²) in [5.74, 6) is 0. The zero-order valence-corrected chi connectivity index (χ0v) is 11.2. The Labute approximate surface area is 117 Å². The first kappa shape index (κ1) is 15.2. The van der Waals surface area contributed by atoms with Gasteiger partial charge in [0.2, 0.25) is 0 Å². The normalized spacial score (nSPS) is 10.4. The van der Waals surface area contributed by atoms with Gasteiger partial charge in [0.25, 0.3) is 0 Å². The third-order valence-corrected chi connectivity index (χ3v) is 3.17. The number of aryl methyl sites for hydroxylation is 2. The molecule has 0 nitrogen and oxygen atoms in total. The molecule has 0 aliphatic heterocycles. The highest BCUT2D eigenvalue weighted by atomic mass is 14.0. The van der Waals surface area contributed by atoms with Crippen molar-refractivity contribution in [1.29, 1.82) is 0 Å². The molecular weight excluding hydrogens is 228 g/mol. The fraction of sp³-hybridized carbons (Fsp3) is 0.263. The number of hydrogen-bond donors (Lipinski definition) is 0. The van der Waals surface area contributed by atoms with Crippen molar-refractivity contribution in [2.75, 3.05) is 0 Å². The minimum atomic E-state index is 0. The van der Waals surface area contributed by atoms with Gasteiger partial charge < -0.3 is 0 Å². The Balaban J connectivity index is 0.00000180. The highest BCUT2D eigenvalue weighted by Gasteiger charge is 1.97. The second-order valence-corrected chi connectivity index (χ2v) is 4.67. The zero-order chi connectivity index (χ0) is 12.8. The van der Waals surface area contributed by atoms with Crippen LogP contribution < -0.4 is 0 Å². The summed E-state index contributed by atoms with van der Waals surface area (Å²) in [6, 6.07) is 17.6. The summed E-state index contributed by atoms with van der Waals surface area (Å²) in [5, 5.41) is 0. The van der Waals surface area contributed by atoms with Crippen molar-refractivity contribution in [3.8, 4) is 11.1 Å². The highest BCUT2D eigenvalue weighted by molar-refractivity contribution is 5.63. The van der Waals surface area contributed by atoms with Gasteiger partial charge in [0.05, 0.1) is 0 Å². The van der Waals surface area contributed by atoms with Gasteiger partial charge in [-0.05, 0) is 43.4 Å². The van der Waals surface area contributed by atoms with Crippen molar-refractivity contribution >= 4 is 0 Å². The van der Waals surface area contributed by atoms with E-state index in [2.05, 4.69) is 74.5 Å². The Bertz CT molecular complexity index is 501. The molecule has 0 aliphatic rings. The average Bonchev–Trinajstić information content (AvgIpc) is 2.41. The summed E-state index contributed by atoms with van der Waals surface area (Å²) < 4.78 is 0. The van der Waals surface area contributed by atoms with Crippen molar-refractivity contribution in [3.05, 3.63) is 71.8 Å². The summed E-state index contributed by atoms with van der Waals surface area (Å²) in [6.45, 7) is 4.19. The van der Waals surface area contributed by atoms with Gasteiger partial charge in [-0.25, -0.2) is 0 Å². The van der Waals surface area contributed by atoms with Crippen molar-refractivity contribution in [1.82, 2.24) is 0 Å². The number of allylic oxidation sites excluding steroid dienone is 2. The molecule has 0 saturated heterocycles. The molecule has 0 radical (unpaired) electrons. The van der Waals surface area contributed by atoms with E-state index >= 15 is 0 Å². The van der Waals surface area contributed by atoms with Crippen molar-refractivity contribution < 1.29 is 0 Å². The molecular formula is C19H24. The SMILES string of the molecule is C.C/C=C/CCc1ccc(-c2ccc(C)cc2)cc1. The fourth-order valence-corrected chi connectivity index (χ4v) is 2.03. The van der Waals surface area contributed by atoms with Crippen LogP contribution in [0.25, 0.3) is 11.1 Å². The van der Waals surface area contributed by atoms with E-state index in [4.69, 9.17) is 0 Å². The first-order chi connectivity index (χ1) is 8.79. The molecule has 0 bridgehead atoms. The van der Waals surface area contributed by atoms with Crippen LogP contribution >= 0.6 is 0 Å². The molecule has 0 N–H and O–H groups in total. The van der Waals surface area contributed by atoms with E-state index in [1.54, 1.807) is 0 Å². The van der Waals surface area contributed by atoms with Gasteiger partial charge in [-0.1, -0.05) is 73.7 Å². The molecule has 19 heavy (non-hydrogen) atoms. The topological polar surface area (TPSA) is 0 Å². The molecule has 100 valence electrons. The lowest BCUT2D eigenvalue weighted by molar-refractivity contribution is 1.000. The van der Waals surface area contributed by atoms with Crippen LogP contribution in [0, 0.1) is 6.92 Å². The minimum absolute atomic E-state index is 0. The fourth-order valence-electron chi connectivity index (χ4n) is 2.03. The largest absolute Gasteiger partial charge is 0.0917 e. The maximum absolute atomic E-state index is 2.23. The van der Waals surface area contributed by atoms with E-state index < -0.39 is 0 Å². The van der Waals surface area contributed by atoms with E-state index in [0.717, 1.165) is 12.8 Å². The van der Waals surface area contributed by atoms with E-state index in [-0.39, 0.29) is 7.43 Å². The van der Waals surface area contributed by atoms with Crippen LogP contribution in [0.1, 0.15) is 31.9 Å². The summed E-state index contributed by atoms with van der Waals surface area (Å²) in [4.78, 5) is 0. The van der Waals surface area contributed by atoms with Crippen LogP contribution in [-0.4, -0.2) is 0 Å². The first-order valence-electron chi connectivity index (χ1n) is 6.57. The van der Waals surface area contributed by atoms with Gasteiger partial charge in [0.1, 0.15) is 0 Å². The minimum Gasteiger partial charge on any atom is -0.0917 e. The van der Waals surface area contributed by atoms with Gasteiger partial charge >= 0.3 is 0 Å². The zero-order valence-electron chi connectivity index (χ0n) is 11.2. The standard InChI is InChI=1S/C18H20.CH4/c1-3-4-5-6-16-9-13-18(14-10-16)17-11-7-15(2)8-12-17;/h3-4,7-14H,5-6H2,1-2H3;1H4/b4-3+;. The second kappa shape index (κ2) is 7.58. The van der Waals surface area contributed by atoms with Crippen molar-refractivity contribution in [2.24, 2.45) is 0 Å². The number of hydrogen-bond acceptors (Lipinski definition) is 0. The summed E-state index contributed by atoms with van der Waals surface area (Å²) in [7, 11) is 0. The van der Waals surface area contributed by atoms with Gasteiger partial charge in [0.15, 0.2) is 0 Å². The molecule has 2 rings (SSSR count).